The van der Waals surface area contributed by atoms with Crippen molar-refractivity contribution in [2.45, 2.75) is 13.3 Å². The van der Waals surface area contributed by atoms with Gasteiger partial charge in [0.15, 0.2) is 0 Å². The molecule has 0 atom stereocenters. The van der Waals surface area contributed by atoms with Gasteiger partial charge in [-0.05, 0) is 25.1 Å². The maximum atomic E-state index is 11.7. The van der Waals surface area contributed by atoms with E-state index in [1.165, 1.54) is 0 Å². The number of halogens is 1. The van der Waals surface area contributed by atoms with Gasteiger partial charge in [0.25, 0.3) is 0 Å². The van der Waals surface area contributed by atoms with Gasteiger partial charge in [0.1, 0.15) is 0 Å². The first-order valence-corrected chi connectivity index (χ1v) is 6.41. The van der Waals surface area contributed by atoms with Gasteiger partial charge in [0, 0.05) is 17.2 Å². The zero-order valence-corrected chi connectivity index (χ0v) is 11.6. The number of amides is 1. The summed E-state index contributed by atoms with van der Waals surface area (Å²) in [4.78, 5) is 11.7. The molecule has 0 saturated heterocycles. The zero-order chi connectivity index (χ0) is 14.1. The minimum absolute atomic E-state index is 0.133. The second kappa shape index (κ2) is 8.54. The van der Waals surface area contributed by atoms with Crippen molar-refractivity contribution in [1.82, 2.24) is 0 Å². The van der Waals surface area contributed by atoms with Gasteiger partial charge in [-0.2, -0.15) is 0 Å². The minimum atomic E-state index is -0.133. The van der Waals surface area contributed by atoms with Gasteiger partial charge in [0.2, 0.25) is 5.91 Å². The van der Waals surface area contributed by atoms with Crippen LogP contribution in [0.25, 0.3) is 0 Å². The number of benzene rings is 1. The molecule has 0 bridgehead atoms. The third-order valence-electron chi connectivity index (χ3n) is 2.26. The molecule has 0 aromatic heterocycles. The van der Waals surface area contributed by atoms with Crippen LogP contribution in [-0.4, -0.2) is 25.7 Å². The average Bonchev–Trinajstić information content (AvgIpc) is 2.38. The molecule has 1 aromatic carbocycles. The van der Waals surface area contributed by atoms with Gasteiger partial charge in [0.05, 0.1) is 25.3 Å². The van der Waals surface area contributed by atoms with Crippen molar-refractivity contribution in [3.63, 3.8) is 0 Å². The lowest BCUT2D eigenvalue weighted by Crippen LogP contribution is -2.15. The van der Waals surface area contributed by atoms with Crippen LogP contribution in [0.4, 0.5) is 5.69 Å². The lowest BCUT2D eigenvalue weighted by atomic mass is 10.1. The molecule has 1 aromatic rings. The van der Waals surface area contributed by atoms with Crippen molar-refractivity contribution in [2.75, 3.05) is 25.1 Å². The Morgan fingerprint density at radius 3 is 3.00 bits per heavy atom. The summed E-state index contributed by atoms with van der Waals surface area (Å²) in [6, 6.07) is 5.14. The lowest BCUT2D eigenvalue weighted by Gasteiger charge is -2.08. The van der Waals surface area contributed by atoms with Crippen LogP contribution in [0.15, 0.2) is 18.2 Å². The Kier molecular flexibility index (Phi) is 6.98. The van der Waals surface area contributed by atoms with Gasteiger partial charge in [-0.15, -0.1) is 0 Å². The van der Waals surface area contributed by atoms with Crippen molar-refractivity contribution >= 4 is 23.2 Å². The molecule has 0 aliphatic rings. The van der Waals surface area contributed by atoms with E-state index in [9.17, 15) is 4.79 Å². The molecule has 102 valence electrons. The van der Waals surface area contributed by atoms with Gasteiger partial charge in [-0.25, -0.2) is 0 Å². The fraction of sp³-hybridized carbons (Fsp3) is 0.357. The predicted molar refractivity (Wildman–Crippen MR) is 77.1 cm³/mol. The van der Waals surface area contributed by atoms with Crippen molar-refractivity contribution in [2.24, 2.45) is 5.73 Å². The predicted octanol–water partition coefficient (Wildman–Crippen LogP) is 2.02. The fourth-order valence-electron chi connectivity index (χ4n) is 1.40. The fourth-order valence-corrected chi connectivity index (χ4v) is 1.57. The summed E-state index contributed by atoms with van der Waals surface area (Å²) >= 11 is 5.91. The second-order valence-corrected chi connectivity index (χ2v) is 4.13. The first-order valence-electron chi connectivity index (χ1n) is 6.03. The van der Waals surface area contributed by atoms with Gasteiger partial charge >= 0.3 is 0 Å². The van der Waals surface area contributed by atoms with E-state index >= 15 is 0 Å². The number of nitrogens with one attached hydrogen (secondary N) is 1. The summed E-state index contributed by atoms with van der Waals surface area (Å²) < 4.78 is 5.13. The number of nitrogens with two attached hydrogens (primary N) is 1. The van der Waals surface area contributed by atoms with E-state index in [1.54, 1.807) is 18.2 Å². The normalized spacial score (nSPS) is 9.63. The molecule has 5 heteroatoms. The van der Waals surface area contributed by atoms with E-state index in [0.29, 0.717) is 35.9 Å². The highest BCUT2D eigenvalue weighted by atomic mass is 35.5. The summed E-state index contributed by atoms with van der Waals surface area (Å²) in [7, 11) is 0. The van der Waals surface area contributed by atoms with E-state index in [-0.39, 0.29) is 12.5 Å². The monoisotopic (exact) mass is 280 g/mol. The molecule has 0 fully saturated rings. The Bertz CT molecular complexity index is 492. The zero-order valence-electron chi connectivity index (χ0n) is 10.8. The standard InChI is InChI=1S/C14H17ClN2O2/c1-2-19-9-7-14(18)17-13-10-12(15)6-5-11(13)4-3-8-16/h5-6,10H,2,7-9,16H2,1H3,(H,17,18). The highest BCUT2D eigenvalue weighted by Crippen LogP contribution is 2.20. The first-order chi connectivity index (χ1) is 9.17. The van der Waals surface area contributed by atoms with E-state index in [4.69, 9.17) is 22.1 Å². The van der Waals surface area contributed by atoms with E-state index in [1.807, 2.05) is 6.92 Å². The Morgan fingerprint density at radius 1 is 1.53 bits per heavy atom. The summed E-state index contributed by atoms with van der Waals surface area (Å²) in [5.41, 5.74) is 6.62. The van der Waals surface area contributed by atoms with Crippen LogP contribution in [0.5, 0.6) is 0 Å². The van der Waals surface area contributed by atoms with Crippen molar-refractivity contribution in [1.29, 1.82) is 0 Å². The molecule has 0 unspecified atom stereocenters. The van der Waals surface area contributed by atoms with Crippen molar-refractivity contribution < 1.29 is 9.53 Å². The first kappa shape index (κ1) is 15.5. The number of hydrogen-bond donors (Lipinski definition) is 2. The van der Waals surface area contributed by atoms with Gasteiger partial charge in [-0.3, -0.25) is 4.79 Å². The average molecular weight is 281 g/mol. The minimum Gasteiger partial charge on any atom is -0.381 e. The molecule has 0 heterocycles. The highest BCUT2D eigenvalue weighted by molar-refractivity contribution is 6.31. The van der Waals surface area contributed by atoms with Gasteiger partial charge < -0.3 is 15.8 Å². The van der Waals surface area contributed by atoms with Crippen molar-refractivity contribution in [3.05, 3.63) is 28.8 Å². The second-order valence-electron chi connectivity index (χ2n) is 3.69. The Labute approximate surface area is 118 Å². The summed E-state index contributed by atoms with van der Waals surface area (Å²) in [5.74, 6) is 5.51. The van der Waals surface area contributed by atoms with Crippen LogP contribution in [-0.2, 0) is 9.53 Å². The molecule has 1 amide bonds. The quantitative estimate of drug-likeness (QED) is 0.641. The molecule has 19 heavy (non-hydrogen) atoms. The van der Waals surface area contributed by atoms with Crippen LogP contribution in [0, 0.1) is 11.8 Å². The summed E-state index contributed by atoms with van der Waals surface area (Å²) in [5, 5.41) is 3.31. The molecular formula is C14H17ClN2O2. The van der Waals surface area contributed by atoms with Crippen LogP contribution in [0.1, 0.15) is 18.9 Å². The van der Waals surface area contributed by atoms with Crippen LogP contribution >= 0.6 is 11.6 Å². The Balaban J connectivity index is 2.75. The van der Waals surface area contributed by atoms with Crippen LogP contribution in [0.2, 0.25) is 5.02 Å². The third-order valence-corrected chi connectivity index (χ3v) is 2.49. The number of carbonyl (C=O) groups excluding carboxylic acids is 1. The molecule has 0 aliphatic heterocycles. The molecule has 3 N–H and O–H groups in total. The largest absolute Gasteiger partial charge is 0.381 e. The number of carbonyl (C=O) groups is 1. The van der Waals surface area contributed by atoms with Gasteiger partial charge in [-0.1, -0.05) is 23.4 Å². The molecule has 4 nitrogen and oxygen atoms in total. The van der Waals surface area contributed by atoms with E-state index < -0.39 is 0 Å². The smallest absolute Gasteiger partial charge is 0.226 e. The maximum Gasteiger partial charge on any atom is 0.226 e. The van der Waals surface area contributed by atoms with Crippen LogP contribution in [0.3, 0.4) is 0 Å². The van der Waals surface area contributed by atoms with Crippen molar-refractivity contribution in [3.8, 4) is 11.8 Å². The number of anilines is 1. The topological polar surface area (TPSA) is 64.3 Å². The molecular weight excluding hydrogens is 264 g/mol. The maximum absolute atomic E-state index is 11.7. The van der Waals surface area contributed by atoms with E-state index in [0.717, 1.165) is 0 Å². The number of hydrogen-bond acceptors (Lipinski definition) is 3. The molecule has 0 aliphatic carbocycles. The highest BCUT2D eigenvalue weighted by Gasteiger charge is 2.06. The van der Waals surface area contributed by atoms with Crippen LogP contribution < -0.4 is 11.1 Å². The number of rotatable bonds is 5. The molecule has 0 spiro atoms. The Morgan fingerprint density at radius 2 is 2.32 bits per heavy atom. The SMILES string of the molecule is CCOCCC(=O)Nc1cc(Cl)ccc1C#CCN. The molecule has 0 radical (unpaired) electrons. The molecule has 1 rings (SSSR count). The molecule has 0 saturated carbocycles. The lowest BCUT2D eigenvalue weighted by molar-refractivity contribution is -0.117. The Hall–Kier alpha value is -1.54. The summed E-state index contributed by atoms with van der Waals surface area (Å²) in [6.07, 6.45) is 0.296. The summed E-state index contributed by atoms with van der Waals surface area (Å²) in [6.45, 7) is 3.14. The van der Waals surface area contributed by atoms with E-state index in [2.05, 4.69) is 17.2 Å². The third kappa shape index (κ3) is 5.75. The number of ether oxygens (including phenoxy) is 1.